The number of hydrogen-bond acceptors (Lipinski definition) is 1. The van der Waals surface area contributed by atoms with Crippen LogP contribution in [0.5, 0.6) is 0 Å². The third-order valence-corrected chi connectivity index (χ3v) is 4.80. The molecule has 0 saturated carbocycles. The SMILES string of the molecule is CC1C[I-]CCN1C. The first kappa shape index (κ1) is 6.81. The first-order chi connectivity index (χ1) is 3.80. The van der Waals surface area contributed by atoms with Gasteiger partial charge in [0, 0.05) is 0 Å². The molecule has 1 nitrogen and oxygen atoms in total. The van der Waals surface area contributed by atoms with Crippen molar-refractivity contribution in [2.24, 2.45) is 0 Å². The number of halogens is 1. The van der Waals surface area contributed by atoms with E-state index in [4.69, 9.17) is 0 Å². The van der Waals surface area contributed by atoms with E-state index in [0.717, 1.165) is 6.04 Å². The molecule has 1 aliphatic heterocycles. The molecule has 0 aromatic carbocycles. The van der Waals surface area contributed by atoms with Crippen molar-refractivity contribution in [3.8, 4) is 0 Å². The third kappa shape index (κ3) is 1.58. The van der Waals surface area contributed by atoms with Crippen molar-refractivity contribution in [2.45, 2.75) is 13.0 Å². The molecule has 1 unspecified atom stereocenters. The van der Waals surface area contributed by atoms with Gasteiger partial charge in [0.15, 0.2) is 0 Å². The molecule has 1 rings (SSSR count). The van der Waals surface area contributed by atoms with Gasteiger partial charge in [-0.2, -0.15) is 0 Å². The zero-order valence-electron chi connectivity index (χ0n) is 5.52. The molecule has 0 aromatic rings. The van der Waals surface area contributed by atoms with Crippen molar-refractivity contribution >= 4 is 0 Å². The third-order valence-electron chi connectivity index (χ3n) is 1.66. The van der Waals surface area contributed by atoms with Gasteiger partial charge in [-0.15, -0.1) is 0 Å². The second-order valence-electron chi connectivity index (χ2n) is 2.36. The summed E-state index contributed by atoms with van der Waals surface area (Å²) in [5, 5.41) is 0. The van der Waals surface area contributed by atoms with E-state index in [0.29, 0.717) is 21.2 Å². The average Bonchev–Trinajstić information content (AvgIpc) is 1.77. The van der Waals surface area contributed by atoms with Gasteiger partial charge in [0.25, 0.3) is 0 Å². The summed E-state index contributed by atoms with van der Waals surface area (Å²) in [6.07, 6.45) is 0. The Balaban J connectivity index is 2.28. The molecule has 50 valence electrons. The first-order valence-electron chi connectivity index (χ1n) is 3.04. The monoisotopic (exact) mass is 226 g/mol. The van der Waals surface area contributed by atoms with Crippen molar-refractivity contribution in [3.05, 3.63) is 0 Å². The van der Waals surface area contributed by atoms with Crippen LogP contribution in [0.2, 0.25) is 0 Å². The van der Waals surface area contributed by atoms with E-state index in [9.17, 15) is 0 Å². The summed E-state index contributed by atoms with van der Waals surface area (Å²) in [4.78, 5) is 2.46. The van der Waals surface area contributed by atoms with Crippen LogP contribution in [-0.4, -0.2) is 33.4 Å². The van der Waals surface area contributed by atoms with Gasteiger partial charge < -0.3 is 0 Å². The molecule has 0 aliphatic carbocycles. The molecule has 1 saturated heterocycles. The Morgan fingerprint density at radius 3 is 2.75 bits per heavy atom. The fraction of sp³-hybridized carbons (Fsp3) is 1.00. The normalized spacial score (nSPS) is 34.0. The Kier molecular flexibility index (Phi) is 2.56. The molecule has 1 fully saturated rings. The molecule has 1 heterocycles. The van der Waals surface area contributed by atoms with E-state index >= 15 is 0 Å². The van der Waals surface area contributed by atoms with Crippen LogP contribution in [0.25, 0.3) is 0 Å². The van der Waals surface area contributed by atoms with Crippen LogP contribution in [0.3, 0.4) is 0 Å². The zero-order chi connectivity index (χ0) is 5.98. The molecule has 0 N–H and O–H groups in total. The van der Waals surface area contributed by atoms with E-state index < -0.39 is 0 Å². The fourth-order valence-corrected chi connectivity index (χ4v) is 3.88. The van der Waals surface area contributed by atoms with E-state index in [1.165, 1.54) is 15.4 Å². The molecule has 0 amide bonds. The van der Waals surface area contributed by atoms with Gasteiger partial charge in [-0.1, -0.05) is 0 Å². The van der Waals surface area contributed by atoms with E-state index in [1.807, 2.05) is 0 Å². The minimum absolute atomic E-state index is 0.606. The zero-order valence-corrected chi connectivity index (χ0v) is 7.68. The van der Waals surface area contributed by atoms with Crippen molar-refractivity contribution < 1.29 is 21.2 Å². The van der Waals surface area contributed by atoms with Crippen LogP contribution in [0.1, 0.15) is 6.92 Å². The van der Waals surface area contributed by atoms with Crippen LogP contribution in [-0.2, 0) is 0 Å². The minimum atomic E-state index is 0.606. The quantitative estimate of drug-likeness (QED) is 0.323. The fourth-order valence-electron chi connectivity index (χ4n) is 0.766. The summed E-state index contributed by atoms with van der Waals surface area (Å²) in [5.74, 6) is 0. The van der Waals surface area contributed by atoms with E-state index in [1.54, 1.807) is 0 Å². The Labute approximate surface area is 61.7 Å². The van der Waals surface area contributed by atoms with Gasteiger partial charge in [0.2, 0.25) is 0 Å². The molecule has 0 bridgehead atoms. The van der Waals surface area contributed by atoms with Crippen molar-refractivity contribution in [2.75, 3.05) is 22.4 Å². The second-order valence-corrected chi connectivity index (χ2v) is 5.40. The molecule has 1 aliphatic rings. The molecular weight excluding hydrogens is 213 g/mol. The number of alkyl halides is 2. The Morgan fingerprint density at radius 2 is 2.38 bits per heavy atom. The van der Waals surface area contributed by atoms with Gasteiger partial charge in [0.05, 0.1) is 0 Å². The molecule has 8 heavy (non-hydrogen) atoms. The van der Waals surface area contributed by atoms with Gasteiger partial charge in [-0.05, 0) is 0 Å². The topological polar surface area (TPSA) is 3.24 Å². The summed E-state index contributed by atoms with van der Waals surface area (Å²) in [6.45, 7) is 3.69. The molecule has 0 aromatic heterocycles. The molecule has 2 heteroatoms. The predicted octanol–water partition coefficient (Wildman–Crippen LogP) is -2.59. The molecule has 0 spiro atoms. The molecular formula is C6H13IN-. The first-order valence-corrected chi connectivity index (χ1v) is 6.09. The van der Waals surface area contributed by atoms with Crippen LogP contribution in [0.4, 0.5) is 0 Å². The van der Waals surface area contributed by atoms with Gasteiger partial charge >= 0.3 is 61.5 Å². The van der Waals surface area contributed by atoms with Crippen LogP contribution in [0.15, 0.2) is 0 Å². The predicted molar refractivity (Wildman–Crippen MR) is 31.8 cm³/mol. The maximum absolute atomic E-state index is 2.46. The van der Waals surface area contributed by atoms with Crippen LogP contribution in [0, 0.1) is 0 Å². The summed E-state index contributed by atoms with van der Waals surface area (Å²) in [7, 11) is 2.23. The average molecular weight is 226 g/mol. The van der Waals surface area contributed by atoms with Gasteiger partial charge in [0.1, 0.15) is 0 Å². The summed E-state index contributed by atoms with van der Waals surface area (Å²) >= 11 is 0.606. The summed E-state index contributed by atoms with van der Waals surface area (Å²) in [5.41, 5.74) is 0. The van der Waals surface area contributed by atoms with Gasteiger partial charge in [-0.25, -0.2) is 0 Å². The van der Waals surface area contributed by atoms with Crippen LogP contribution < -0.4 is 21.2 Å². The van der Waals surface area contributed by atoms with E-state index in [2.05, 4.69) is 18.9 Å². The van der Waals surface area contributed by atoms with Crippen molar-refractivity contribution in [1.29, 1.82) is 0 Å². The van der Waals surface area contributed by atoms with Crippen molar-refractivity contribution in [3.63, 3.8) is 0 Å². The number of hydrogen-bond donors (Lipinski definition) is 0. The standard InChI is InChI=1S/C6H13IN/c1-6-5-7-3-4-8(6)2/h6H,3-5H2,1-2H3/q-1. The van der Waals surface area contributed by atoms with Crippen molar-refractivity contribution in [1.82, 2.24) is 4.90 Å². The Bertz CT molecular complexity index is 64.9. The maximum atomic E-state index is 2.46. The Morgan fingerprint density at radius 1 is 1.62 bits per heavy atom. The number of rotatable bonds is 0. The van der Waals surface area contributed by atoms with E-state index in [-0.39, 0.29) is 0 Å². The molecule has 1 atom stereocenters. The van der Waals surface area contributed by atoms with Gasteiger partial charge in [-0.3, -0.25) is 0 Å². The number of nitrogens with zero attached hydrogens (tertiary/aromatic N) is 1. The summed E-state index contributed by atoms with van der Waals surface area (Å²) in [6, 6.07) is 0.886. The molecule has 0 radical (unpaired) electrons. The Hall–Kier alpha value is 0.690. The summed E-state index contributed by atoms with van der Waals surface area (Å²) < 4.78 is 3.02. The van der Waals surface area contributed by atoms with Crippen LogP contribution >= 0.6 is 0 Å². The second kappa shape index (κ2) is 3.01.